The van der Waals surface area contributed by atoms with Gasteiger partial charge >= 0.3 is 17.3 Å². The molecule has 0 bridgehead atoms. The van der Waals surface area contributed by atoms with Gasteiger partial charge in [0.15, 0.2) is 0 Å². The van der Waals surface area contributed by atoms with Crippen LogP contribution >= 0.6 is 0 Å². The van der Waals surface area contributed by atoms with Crippen LogP contribution < -0.4 is 0 Å². The molecule has 1 rings (SSSR count). The van der Waals surface area contributed by atoms with Gasteiger partial charge in [0.05, 0.1) is 13.2 Å². The number of Topliss-reactive ketones (excluding diaryl/α,β-unsaturated/α-hetero) is 1. The Morgan fingerprint density at radius 2 is 1.61 bits per heavy atom. The van der Waals surface area contributed by atoms with Crippen molar-refractivity contribution in [3.8, 4) is 0 Å². The van der Waals surface area contributed by atoms with E-state index in [1.165, 1.54) is 6.92 Å². The van der Waals surface area contributed by atoms with Crippen LogP contribution in [0.4, 0.5) is 0 Å². The van der Waals surface area contributed by atoms with E-state index >= 15 is 0 Å². The van der Waals surface area contributed by atoms with Crippen LogP contribution in [0.3, 0.4) is 0 Å². The number of ketones is 1. The van der Waals surface area contributed by atoms with Crippen molar-refractivity contribution in [3.63, 3.8) is 0 Å². The highest BCUT2D eigenvalue weighted by molar-refractivity contribution is 7.75. The molecule has 0 aliphatic rings. The number of carbonyl (C=O) groups is 2. The number of hydrogen-bond donors (Lipinski definition) is 0. The summed E-state index contributed by atoms with van der Waals surface area (Å²) in [4.78, 5) is 22.2. The van der Waals surface area contributed by atoms with Crippen molar-refractivity contribution in [2.45, 2.75) is 39.2 Å². The molecule has 0 heterocycles. The number of benzene rings is 1. The van der Waals surface area contributed by atoms with Gasteiger partial charge in [-0.2, -0.15) is 4.21 Å². The Morgan fingerprint density at radius 1 is 1.00 bits per heavy atom. The Morgan fingerprint density at radius 3 is 2.22 bits per heavy atom. The van der Waals surface area contributed by atoms with Crippen LogP contribution in [-0.4, -0.2) is 29.2 Å². The van der Waals surface area contributed by atoms with Crippen LogP contribution in [0, 0.1) is 0 Å². The second-order valence-electron chi connectivity index (χ2n) is 4.90. The van der Waals surface area contributed by atoms with Gasteiger partial charge in [0.2, 0.25) is 0 Å². The van der Waals surface area contributed by atoms with E-state index in [4.69, 9.17) is 13.1 Å². The summed E-state index contributed by atoms with van der Waals surface area (Å²) in [6, 6.07) is 9.41. The summed E-state index contributed by atoms with van der Waals surface area (Å²) in [7, 11) is 0. The van der Waals surface area contributed by atoms with Gasteiger partial charge in [-0.15, -0.1) is 0 Å². The Kier molecular flexibility index (Phi) is 10.1. The standard InChI is InChI=1S/C16H22O6S/c1-14(17)7-5-11-21-23(19)22-12-6-10-16(18)20-13-15-8-3-2-4-9-15/h2-4,8-9H,5-7,10-13H2,1H3. The summed E-state index contributed by atoms with van der Waals surface area (Å²) in [6.45, 7) is 2.07. The van der Waals surface area contributed by atoms with E-state index in [-0.39, 0.29) is 38.0 Å². The van der Waals surface area contributed by atoms with Crippen LogP contribution in [0.1, 0.15) is 38.2 Å². The molecule has 0 amide bonds. The van der Waals surface area contributed by atoms with Crippen LogP contribution in [0.15, 0.2) is 30.3 Å². The highest BCUT2D eigenvalue weighted by Crippen LogP contribution is 2.03. The third-order valence-electron chi connectivity index (χ3n) is 2.80. The molecule has 128 valence electrons. The molecule has 23 heavy (non-hydrogen) atoms. The first-order chi connectivity index (χ1) is 11.1. The maximum Gasteiger partial charge on any atom is 0.306 e. The van der Waals surface area contributed by atoms with Crippen LogP contribution in [0.5, 0.6) is 0 Å². The molecular weight excluding hydrogens is 320 g/mol. The minimum Gasteiger partial charge on any atom is -0.461 e. The third kappa shape index (κ3) is 10.7. The maximum absolute atomic E-state index is 11.5. The second kappa shape index (κ2) is 11.9. The topological polar surface area (TPSA) is 78.9 Å². The van der Waals surface area contributed by atoms with Crippen LogP contribution in [0.2, 0.25) is 0 Å². The van der Waals surface area contributed by atoms with Gasteiger partial charge < -0.3 is 9.53 Å². The Bertz CT molecular complexity index is 503. The minimum absolute atomic E-state index is 0.0642. The summed E-state index contributed by atoms with van der Waals surface area (Å²) in [5, 5.41) is 0. The summed E-state index contributed by atoms with van der Waals surface area (Å²) in [5.74, 6) is -0.264. The number of esters is 1. The van der Waals surface area contributed by atoms with E-state index in [2.05, 4.69) is 0 Å². The molecule has 0 spiro atoms. The molecule has 0 saturated heterocycles. The molecule has 0 aliphatic carbocycles. The first-order valence-electron chi connectivity index (χ1n) is 7.45. The first kappa shape index (κ1) is 19.5. The lowest BCUT2D eigenvalue weighted by Gasteiger charge is -2.05. The zero-order valence-electron chi connectivity index (χ0n) is 13.2. The summed E-state index contributed by atoms with van der Waals surface area (Å²) < 4.78 is 26.2. The van der Waals surface area contributed by atoms with Gasteiger partial charge in [-0.25, -0.2) is 0 Å². The highest BCUT2D eigenvalue weighted by atomic mass is 32.2. The molecule has 0 radical (unpaired) electrons. The van der Waals surface area contributed by atoms with Crippen molar-refractivity contribution < 1.29 is 26.9 Å². The van der Waals surface area contributed by atoms with Crippen molar-refractivity contribution in [1.82, 2.24) is 0 Å². The van der Waals surface area contributed by atoms with Gasteiger partial charge in [-0.05, 0) is 25.3 Å². The molecule has 6 nitrogen and oxygen atoms in total. The summed E-state index contributed by atoms with van der Waals surface area (Å²) in [6.07, 6.45) is 1.49. The van der Waals surface area contributed by atoms with Gasteiger partial charge in [0.1, 0.15) is 12.4 Å². The van der Waals surface area contributed by atoms with Crippen molar-refractivity contribution >= 4 is 23.1 Å². The Labute approximate surface area is 139 Å². The van der Waals surface area contributed by atoms with Crippen LogP contribution in [0.25, 0.3) is 0 Å². The fraction of sp³-hybridized carbons (Fsp3) is 0.500. The first-order valence-corrected chi connectivity index (χ1v) is 8.45. The number of hydrogen-bond acceptors (Lipinski definition) is 6. The number of carbonyl (C=O) groups excluding carboxylic acids is 2. The minimum atomic E-state index is -1.85. The molecule has 0 aliphatic heterocycles. The lowest BCUT2D eigenvalue weighted by Crippen LogP contribution is -2.09. The van der Waals surface area contributed by atoms with Crippen molar-refractivity contribution in [2.75, 3.05) is 13.2 Å². The Balaban J connectivity index is 2.00. The van der Waals surface area contributed by atoms with E-state index in [1.807, 2.05) is 30.3 Å². The average Bonchev–Trinajstić information content (AvgIpc) is 2.54. The fourth-order valence-electron chi connectivity index (χ4n) is 1.64. The van der Waals surface area contributed by atoms with Crippen molar-refractivity contribution in [2.24, 2.45) is 0 Å². The third-order valence-corrected chi connectivity index (χ3v) is 3.52. The van der Waals surface area contributed by atoms with E-state index in [9.17, 15) is 13.8 Å². The van der Waals surface area contributed by atoms with E-state index in [0.29, 0.717) is 19.3 Å². The largest absolute Gasteiger partial charge is 0.461 e. The van der Waals surface area contributed by atoms with E-state index in [0.717, 1.165) is 5.56 Å². The van der Waals surface area contributed by atoms with Crippen molar-refractivity contribution in [1.29, 1.82) is 0 Å². The van der Waals surface area contributed by atoms with Gasteiger partial charge in [-0.1, -0.05) is 30.3 Å². The zero-order chi connectivity index (χ0) is 16.9. The maximum atomic E-state index is 11.5. The molecular formula is C16H22O6S. The molecule has 1 atom stereocenters. The SMILES string of the molecule is CC(=O)CCCOS(=O)OCCCC(=O)OCc1ccccc1. The monoisotopic (exact) mass is 342 g/mol. The average molecular weight is 342 g/mol. The molecule has 7 heteroatoms. The van der Waals surface area contributed by atoms with Gasteiger partial charge in [0, 0.05) is 12.8 Å². The van der Waals surface area contributed by atoms with E-state index < -0.39 is 11.4 Å². The smallest absolute Gasteiger partial charge is 0.306 e. The van der Waals surface area contributed by atoms with Crippen molar-refractivity contribution in [3.05, 3.63) is 35.9 Å². The normalized spacial score (nSPS) is 11.9. The fourth-order valence-corrected chi connectivity index (χ4v) is 2.21. The van der Waals surface area contributed by atoms with Gasteiger partial charge in [-0.3, -0.25) is 13.2 Å². The molecule has 0 N–H and O–H groups in total. The Hall–Kier alpha value is -1.57. The summed E-state index contributed by atoms with van der Waals surface area (Å²) in [5.41, 5.74) is 0.928. The quantitative estimate of drug-likeness (QED) is 0.429. The molecule has 0 fully saturated rings. The lowest BCUT2D eigenvalue weighted by molar-refractivity contribution is -0.145. The molecule has 0 saturated carbocycles. The molecule has 1 unspecified atom stereocenters. The highest BCUT2D eigenvalue weighted by Gasteiger charge is 2.06. The summed E-state index contributed by atoms with van der Waals surface area (Å²) >= 11 is -1.85. The predicted molar refractivity (Wildman–Crippen MR) is 85.4 cm³/mol. The predicted octanol–water partition coefficient (Wildman–Crippen LogP) is 2.49. The van der Waals surface area contributed by atoms with Crippen LogP contribution in [-0.2, 0) is 40.7 Å². The molecule has 1 aromatic rings. The van der Waals surface area contributed by atoms with E-state index in [1.54, 1.807) is 0 Å². The lowest BCUT2D eigenvalue weighted by atomic mass is 10.2. The molecule has 0 aromatic heterocycles. The second-order valence-corrected chi connectivity index (χ2v) is 5.78. The zero-order valence-corrected chi connectivity index (χ0v) is 14.0. The number of ether oxygens (including phenoxy) is 1. The molecule has 1 aromatic carbocycles. The van der Waals surface area contributed by atoms with Gasteiger partial charge in [0.25, 0.3) is 0 Å². The number of rotatable bonds is 12.